The summed E-state index contributed by atoms with van der Waals surface area (Å²) in [5.74, 6) is 0. The molecule has 5 heteroatoms. The normalized spacial score (nSPS) is 22.7. The van der Waals surface area contributed by atoms with Crippen LogP contribution in [0.5, 0.6) is 0 Å². The highest BCUT2D eigenvalue weighted by molar-refractivity contribution is 6.42. The van der Waals surface area contributed by atoms with Crippen molar-refractivity contribution in [2.45, 2.75) is 50.1 Å². The zero-order valence-electron chi connectivity index (χ0n) is 15.7. The topological polar surface area (TPSA) is 24.1 Å². The molecule has 0 aliphatic heterocycles. The second kappa shape index (κ2) is 9.62. The molecular weight excluding hydrogens is 399 g/mol. The maximum atomic E-state index is 6.57. The predicted octanol–water partition coefficient (Wildman–Crippen LogP) is 6.23. The highest BCUT2D eigenvalue weighted by Crippen LogP contribution is 2.40. The van der Waals surface area contributed by atoms with E-state index >= 15 is 0 Å². The third-order valence-corrected chi connectivity index (χ3v) is 6.79. The number of aryl methyl sites for hydroxylation is 1. The van der Waals surface area contributed by atoms with Crippen LogP contribution in [0.25, 0.3) is 0 Å². The number of benzene rings is 2. The Bertz CT molecular complexity index is 765. The quantitative estimate of drug-likeness (QED) is 0.514. The van der Waals surface area contributed by atoms with E-state index in [9.17, 15) is 0 Å². The van der Waals surface area contributed by atoms with Crippen LogP contribution in [0.2, 0.25) is 15.1 Å². The minimum atomic E-state index is -0.111. The number of likely N-dealkylation sites (N-methyl/N-ethyl adjacent to an activating group) is 1. The van der Waals surface area contributed by atoms with Crippen molar-refractivity contribution in [3.8, 4) is 0 Å². The molecule has 0 aromatic heterocycles. The third kappa shape index (κ3) is 4.81. The van der Waals surface area contributed by atoms with E-state index in [1.165, 1.54) is 24.0 Å². The number of nitrogens with one attached hydrogen (secondary N) is 2. The van der Waals surface area contributed by atoms with Crippen LogP contribution in [-0.2, 0) is 12.0 Å². The Kier molecular flexibility index (Phi) is 7.47. The number of hydrogen-bond donors (Lipinski definition) is 2. The number of rotatable bonds is 7. The molecule has 146 valence electrons. The summed E-state index contributed by atoms with van der Waals surface area (Å²) < 4.78 is 0. The molecule has 1 aliphatic rings. The lowest BCUT2D eigenvalue weighted by atomic mass is 9.72. The molecule has 1 saturated carbocycles. The summed E-state index contributed by atoms with van der Waals surface area (Å²) in [5, 5.41) is 9.50. The Morgan fingerprint density at radius 1 is 1.00 bits per heavy atom. The van der Waals surface area contributed by atoms with Gasteiger partial charge in [-0.3, -0.25) is 0 Å². The van der Waals surface area contributed by atoms with Gasteiger partial charge < -0.3 is 10.6 Å². The fraction of sp³-hybridized carbons (Fsp3) is 0.455. The van der Waals surface area contributed by atoms with Gasteiger partial charge in [-0.25, -0.2) is 0 Å². The van der Waals surface area contributed by atoms with Crippen LogP contribution in [0, 0.1) is 0 Å². The lowest BCUT2D eigenvalue weighted by molar-refractivity contribution is 0.178. The van der Waals surface area contributed by atoms with Crippen LogP contribution in [0.3, 0.4) is 0 Å². The zero-order chi connectivity index (χ0) is 19.3. The highest BCUT2D eigenvalue weighted by Gasteiger charge is 2.41. The molecule has 1 fully saturated rings. The van der Waals surface area contributed by atoms with E-state index < -0.39 is 0 Å². The van der Waals surface area contributed by atoms with Crippen molar-refractivity contribution in [1.29, 1.82) is 0 Å². The molecule has 2 aromatic carbocycles. The van der Waals surface area contributed by atoms with Gasteiger partial charge in [-0.2, -0.15) is 0 Å². The van der Waals surface area contributed by atoms with Gasteiger partial charge in [-0.1, -0.05) is 71.9 Å². The first-order valence-electron chi connectivity index (χ1n) is 9.68. The summed E-state index contributed by atoms with van der Waals surface area (Å²) in [4.78, 5) is 0. The molecule has 1 aliphatic carbocycles. The molecule has 0 radical (unpaired) electrons. The second-order valence-electron chi connectivity index (χ2n) is 7.31. The largest absolute Gasteiger partial charge is 0.312 e. The smallest absolute Gasteiger partial charge is 0.0602 e. The van der Waals surface area contributed by atoms with Crippen LogP contribution < -0.4 is 10.6 Å². The minimum Gasteiger partial charge on any atom is -0.312 e. The summed E-state index contributed by atoms with van der Waals surface area (Å²) in [7, 11) is 2.05. The fourth-order valence-corrected chi connectivity index (χ4v) is 4.92. The Labute approximate surface area is 177 Å². The van der Waals surface area contributed by atoms with Crippen molar-refractivity contribution in [2.24, 2.45) is 0 Å². The van der Waals surface area contributed by atoms with Gasteiger partial charge in [-0.15, -0.1) is 0 Å². The van der Waals surface area contributed by atoms with Crippen molar-refractivity contribution in [3.05, 3.63) is 68.7 Å². The van der Waals surface area contributed by atoms with Gasteiger partial charge in [0.2, 0.25) is 0 Å². The van der Waals surface area contributed by atoms with Crippen LogP contribution in [0.1, 0.15) is 43.2 Å². The van der Waals surface area contributed by atoms with Gasteiger partial charge in [0.1, 0.15) is 0 Å². The van der Waals surface area contributed by atoms with Gasteiger partial charge in [0.05, 0.1) is 15.6 Å². The maximum Gasteiger partial charge on any atom is 0.0602 e. The van der Waals surface area contributed by atoms with Crippen molar-refractivity contribution in [3.63, 3.8) is 0 Å². The highest BCUT2D eigenvalue weighted by atomic mass is 35.5. The summed E-state index contributed by atoms with van der Waals surface area (Å²) in [6.07, 6.45) is 6.74. The molecule has 0 bridgehead atoms. The molecule has 2 aromatic rings. The maximum absolute atomic E-state index is 6.57. The molecule has 27 heavy (non-hydrogen) atoms. The van der Waals surface area contributed by atoms with Gasteiger partial charge in [0.25, 0.3) is 0 Å². The SMILES string of the molecule is CNC1(c2ccccc2Cl)CCCCC1NCCCc1ccc(Cl)c(Cl)c1. The predicted molar refractivity (Wildman–Crippen MR) is 117 cm³/mol. The minimum absolute atomic E-state index is 0.111. The number of halogens is 3. The summed E-state index contributed by atoms with van der Waals surface area (Å²) >= 11 is 18.7. The van der Waals surface area contributed by atoms with E-state index in [4.69, 9.17) is 34.8 Å². The van der Waals surface area contributed by atoms with E-state index in [2.05, 4.69) is 35.9 Å². The Morgan fingerprint density at radius 2 is 1.81 bits per heavy atom. The van der Waals surface area contributed by atoms with Gasteiger partial charge >= 0.3 is 0 Å². The molecule has 2 atom stereocenters. The number of hydrogen-bond acceptors (Lipinski definition) is 2. The van der Waals surface area contributed by atoms with Crippen LogP contribution in [-0.4, -0.2) is 19.6 Å². The van der Waals surface area contributed by atoms with Gasteiger partial charge in [0.15, 0.2) is 0 Å². The second-order valence-corrected chi connectivity index (χ2v) is 8.53. The van der Waals surface area contributed by atoms with Crippen molar-refractivity contribution in [1.82, 2.24) is 10.6 Å². The lowest BCUT2D eigenvalue weighted by Crippen LogP contribution is -2.58. The Balaban J connectivity index is 1.65. The molecule has 0 spiro atoms. The molecule has 2 nitrogen and oxygen atoms in total. The van der Waals surface area contributed by atoms with E-state index in [0.717, 1.165) is 37.3 Å². The van der Waals surface area contributed by atoms with Crippen molar-refractivity contribution < 1.29 is 0 Å². The van der Waals surface area contributed by atoms with Gasteiger partial charge in [-0.05, 0) is 68.6 Å². The van der Waals surface area contributed by atoms with E-state index in [1.807, 2.05) is 24.3 Å². The van der Waals surface area contributed by atoms with Crippen LogP contribution in [0.15, 0.2) is 42.5 Å². The molecule has 0 amide bonds. The summed E-state index contributed by atoms with van der Waals surface area (Å²) in [6.45, 7) is 0.957. The molecular formula is C22H27Cl3N2. The monoisotopic (exact) mass is 424 g/mol. The zero-order valence-corrected chi connectivity index (χ0v) is 18.0. The van der Waals surface area contributed by atoms with Gasteiger partial charge in [0, 0.05) is 11.1 Å². The molecule has 2 unspecified atom stereocenters. The fourth-order valence-electron chi connectivity index (χ4n) is 4.29. The Hall–Kier alpha value is -0.770. The molecule has 0 saturated heterocycles. The average molecular weight is 426 g/mol. The van der Waals surface area contributed by atoms with Crippen molar-refractivity contribution in [2.75, 3.05) is 13.6 Å². The van der Waals surface area contributed by atoms with E-state index in [0.29, 0.717) is 16.1 Å². The first-order chi connectivity index (χ1) is 13.1. The Morgan fingerprint density at radius 3 is 2.56 bits per heavy atom. The summed E-state index contributed by atoms with van der Waals surface area (Å²) in [6, 6.07) is 14.5. The van der Waals surface area contributed by atoms with Crippen molar-refractivity contribution >= 4 is 34.8 Å². The lowest BCUT2D eigenvalue weighted by Gasteiger charge is -2.45. The molecule has 0 heterocycles. The molecule has 2 N–H and O–H groups in total. The average Bonchev–Trinajstić information content (AvgIpc) is 2.68. The van der Waals surface area contributed by atoms with Crippen LogP contribution in [0.4, 0.5) is 0 Å². The van der Waals surface area contributed by atoms with Crippen LogP contribution >= 0.6 is 34.8 Å². The summed E-state index contributed by atoms with van der Waals surface area (Å²) in [5.41, 5.74) is 2.32. The third-order valence-electron chi connectivity index (χ3n) is 5.73. The first-order valence-corrected chi connectivity index (χ1v) is 10.8. The first kappa shape index (κ1) is 21.0. The standard InChI is InChI=1S/C22H27Cl3N2/c1-26-22(17-8-2-3-9-18(17)23)13-5-4-10-21(22)27-14-6-7-16-11-12-19(24)20(25)15-16/h2-3,8-9,11-12,15,21,26-27H,4-7,10,13-14H2,1H3. The molecule has 3 rings (SSSR count). The van der Waals surface area contributed by atoms with E-state index in [1.54, 1.807) is 0 Å². The van der Waals surface area contributed by atoms with E-state index in [-0.39, 0.29) is 5.54 Å².